The van der Waals surface area contributed by atoms with E-state index in [4.69, 9.17) is 4.74 Å². The second kappa shape index (κ2) is 8.19. The number of carbonyl (C=O) groups is 2. The molecule has 1 fully saturated rings. The van der Waals surface area contributed by atoms with E-state index in [2.05, 4.69) is 5.32 Å². The number of halogens is 2. The summed E-state index contributed by atoms with van der Waals surface area (Å²) in [5, 5.41) is 2.76. The second-order valence-electron chi connectivity index (χ2n) is 6.02. The van der Waals surface area contributed by atoms with Crippen molar-refractivity contribution < 1.29 is 23.1 Å². The van der Waals surface area contributed by atoms with Crippen LogP contribution < -0.4 is 5.32 Å². The molecule has 0 saturated carbocycles. The van der Waals surface area contributed by atoms with Crippen molar-refractivity contribution >= 4 is 11.8 Å². The molecule has 7 heteroatoms. The van der Waals surface area contributed by atoms with Crippen molar-refractivity contribution in [2.24, 2.45) is 5.92 Å². The van der Waals surface area contributed by atoms with Crippen molar-refractivity contribution in [2.75, 3.05) is 26.8 Å². The molecule has 2 amide bonds. The highest BCUT2D eigenvalue weighted by atomic mass is 19.1. The van der Waals surface area contributed by atoms with Crippen molar-refractivity contribution in [2.45, 2.75) is 25.8 Å². The molecule has 132 valence electrons. The number of nitrogens with zero attached hydrogens (tertiary/aromatic N) is 1. The average Bonchev–Trinajstić information content (AvgIpc) is 2.54. The maximum absolute atomic E-state index is 13.3. The number of hydrogen-bond donors (Lipinski definition) is 1. The zero-order valence-corrected chi connectivity index (χ0v) is 13.9. The summed E-state index contributed by atoms with van der Waals surface area (Å²) in [6.07, 6.45) is 1.33. The van der Waals surface area contributed by atoms with Gasteiger partial charge in [-0.25, -0.2) is 8.78 Å². The molecule has 5 nitrogen and oxygen atoms in total. The van der Waals surface area contributed by atoms with Gasteiger partial charge in [0.25, 0.3) is 5.91 Å². The van der Waals surface area contributed by atoms with Crippen LogP contribution in [-0.4, -0.2) is 49.6 Å². The molecule has 24 heavy (non-hydrogen) atoms. The Kier molecular flexibility index (Phi) is 6.25. The van der Waals surface area contributed by atoms with Crippen LogP contribution in [0.5, 0.6) is 0 Å². The normalized spacial score (nSPS) is 20.8. The Hall–Kier alpha value is -2.02. The van der Waals surface area contributed by atoms with Crippen LogP contribution in [0.15, 0.2) is 18.2 Å². The molecule has 0 radical (unpaired) electrons. The summed E-state index contributed by atoms with van der Waals surface area (Å²) in [5.41, 5.74) is -0.0419. The molecule has 0 aromatic heterocycles. The van der Waals surface area contributed by atoms with Gasteiger partial charge in [-0.2, -0.15) is 0 Å². The first-order chi connectivity index (χ1) is 11.4. The fraction of sp³-hybridized carbons (Fsp3) is 0.529. The third kappa shape index (κ3) is 4.50. The maximum atomic E-state index is 13.3. The lowest BCUT2D eigenvalue weighted by molar-refractivity contribution is -0.126. The second-order valence-corrected chi connectivity index (χ2v) is 6.02. The predicted molar refractivity (Wildman–Crippen MR) is 84.5 cm³/mol. The smallest absolute Gasteiger partial charge is 0.254 e. The molecule has 1 aliphatic rings. The predicted octanol–water partition coefficient (Wildman–Crippen LogP) is 1.97. The Balaban J connectivity index is 2.07. The van der Waals surface area contributed by atoms with Crippen LogP contribution in [0.4, 0.5) is 8.78 Å². The first-order valence-electron chi connectivity index (χ1n) is 7.96. The van der Waals surface area contributed by atoms with E-state index < -0.39 is 17.5 Å². The van der Waals surface area contributed by atoms with E-state index in [1.54, 1.807) is 7.11 Å². The molecule has 1 N–H and O–H groups in total. The van der Waals surface area contributed by atoms with Gasteiger partial charge in [0.2, 0.25) is 5.91 Å². The van der Waals surface area contributed by atoms with E-state index >= 15 is 0 Å². The van der Waals surface area contributed by atoms with Crippen LogP contribution >= 0.6 is 0 Å². The first-order valence-corrected chi connectivity index (χ1v) is 7.96. The molecular weight excluding hydrogens is 318 g/mol. The molecule has 1 aromatic rings. The Labute approximate surface area is 140 Å². The molecule has 2 rings (SSSR count). The van der Waals surface area contributed by atoms with Gasteiger partial charge >= 0.3 is 0 Å². The van der Waals surface area contributed by atoms with Crippen LogP contribution in [0.1, 0.15) is 30.1 Å². The summed E-state index contributed by atoms with van der Waals surface area (Å²) in [6.45, 7) is 2.92. The zero-order chi connectivity index (χ0) is 17.7. The fourth-order valence-corrected chi connectivity index (χ4v) is 2.87. The summed E-state index contributed by atoms with van der Waals surface area (Å²) >= 11 is 0. The number of carbonyl (C=O) groups excluding carboxylic acids is 2. The van der Waals surface area contributed by atoms with Gasteiger partial charge in [-0.3, -0.25) is 9.59 Å². The van der Waals surface area contributed by atoms with Crippen molar-refractivity contribution in [3.05, 3.63) is 35.4 Å². The van der Waals surface area contributed by atoms with Gasteiger partial charge in [0.15, 0.2) is 0 Å². The van der Waals surface area contributed by atoms with Gasteiger partial charge in [0.05, 0.1) is 12.5 Å². The molecule has 2 atom stereocenters. The van der Waals surface area contributed by atoms with E-state index in [1.807, 2.05) is 6.92 Å². The first kappa shape index (κ1) is 18.3. The lowest BCUT2D eigenvalue weighted by Crippen LogP contribution is -2.49. The number of methoxy groups -OCH3 is 1. The fourth-order valence-electron chi connectivity index (χ4n) is 2.87. The molecule has 0 spiro atoms. The molecule has 0 aliphatic carbocycles. The van der Waals surface area contributed by atoms with Crippen LogP contribution in [0, 0.1) is 17.6 Å². The summed E-state index contributed by atoms with van der Waals surface area (Å²) in [4.78, 5) is 26.3. The third-order valence-electron chi connectivity index (χ3n) is 4.23. The Morgan fingerprint density at radius 1 is 1.25 bits per heavy atom. The van der Waals surface area contributed by atoms with Gasteiger partial charge in [-0.05, 0) is 31.9 Å². The van der Waals surface area contributed by atoms with E-state index in [1.165, 1.54) is 4.90 Å². The van der Waals surface area contributed by atoms with E-state index in [0.717, 1.165) is 18.2 Å². The largest absolute Gasteiger partial charge is 0.383 e. The number of benzene rings is 1. The number of rotatable bonds is 5. The van der Waals surface area contributed by atoms with Crippen LogP contribution in [0.3, 0.4) is 0 Å². The van der Waals surface area contributed by atoms with Crippen LogP contribution in [-0.2, 0) is 9.53 Å². The van der Waals surface area contributed by atoms with E-state index in [9.17, 15) is 18.4 Å². The quantitative estimate of drug-likeness (QED) is 0.834. The van der Waals surface area contributed by atoms with Gasteiger partial charge in [0, 0.05) is 37.9 Å². The summed E-state index contributed by atoms with van der Waals surface area (Å²) in [5.74, 6) is -2.52. The third-order valence-corrected chi connectivity index (χ3v) is 4.23. The van der Waals surface area contributed by atoms with Crippen molar-refractivity contribution in [1.29, 1.82) is 0 Å². The molecule has 0 unspecified atom stereocenters. The van der Waals surface area contributed by atoms with Gasteiger partial charge in [0.1, 0.15) is 11.6 Å². The monoisotopic (exact) mass is 340 g/mol. The van der Waals surface area contributed by atoms with Crippen LogP contribution in [0.2, 0.25) is 0 Å². The number of likely N-dealkylation sites (tertiary alicyclic amines) is 1. The minimum Gasteiger partial charge on any atom is -0.383 e. The maximum Gasteiger partial charge on any atom is 0.254 e. The molecule has 1 saturated heterocycles. The molecular formula is C17H22F2N2O3. The SMILES string of the molecule is COCCNC(=O)[C@H]1CC[C@@H](C)N(C(=O)c2cc(F)cc(F)c2)C1. The molecule has 1 aliphatic heterocycles. The average molecular weight is 340 g/mol. The summed E-state index contributed by atoms with van der Waals surface area (Å²) in [6, 6.07) is 2.66. The van der Waals surface area contributed by atoms with Crippen molar-refractivity contribution in [3.8, 4) is 0 Å². The summed E-state index contributed by atoms with van der Waals surface area (Å²) in [7, 11) is 1.55. The van der Waals surface area contributed by atoms with Gasteiger partial charge in [-0.15, -0.1) is 0 Å². The van der Waals surface area contributed by atoms with Gasteiger partial charge < -0.3 is 15.0 Å². The minimum atomic E-state index is -0.795. The van der Waals surface area contributed by atoms with Crippen LogP contribution in [0.25, 0.3) is 0 Å². The number of ether oxygens (including phenoxy) is 1. The van der Waals surface area contributed by atoms with Crippen molar-refractivity contribution in [1.82, 2.24) is 10.2 Å². The Morgan fingerprint density at radius 2 is 1.92 bits per heavy atom. The lowest BCUT2D eigenvalue weighted by atomic mass is 9.92. The van der Waals surface area contributed by atoms with E-state index in [0.29, 0.717) is 26.0 Å². The highest BCUT2D eigenvalue weighted by molar-refractivity contribution is 5.95. The molecule has 1 heterocycles. The van der Waals surface area contributed by atoms with Crippen molar-refractivity contribution in [3.63, 3.8) is 0 Å². The highest BCUT2D eigenvalue weighted by Crippen LogP contribution is 2.24. The zero-order valence-electron chi connectivity index (χ0n) is 13.9. The number of amides is 2. The molecule has 0 bridgehead atoms. The summed E-state index contributed by atoms with van der Waals surface area (Å²) < 4.78 is 31.6. The number of hydrogen-bond acceptors (Lipinski definition) is 3. The highest BCUT2D eigenvalue weighted by Gasteiger charge is 2.33. The lowest BCUT2D eigenvalue weighted by Gasteiger charge is -2.37. The topological polar surface area (TPSA) is 58.6 Å². The number of piperidine rings is 1. The standard InChI is InChI=1S/C17H22F2N2O3/c1-11-3-4-12(16(22)20-5-6-24-2)10-21(11)17(23)13-7-14(18)9-15(19)8-13/h7-9,11-12H,3-6,10H2,1-2H3,(H,20,22)/t11-,12+/m1/s1. The Morgan fingerprint density at radius 3 is 2.54 bits per heavy atom. The Bertz CT molecular complexity index is 589. The van der Waals surface area contributed by atoms with E-state index in [-0.39, 0.29) is 30.0 Å². The minimum absolute atomic E-state index is 0.0419. The molecule has 1 aromatic carbocycles. The van der Waals surface area contributed by atoms with Gasteiger partial charge in [-0.1, -0.05) is 0 Å². The number of nitrogens with one attached hydrogen (secondary N) is 1.